The lowest BCUT2D eigenvalue weighted by Gasteiger charge is -2.23. The van der Waals surface area contributed by atoms with Gasteiger partial charge in [-0.15, -0.1) is 0 Å². The summed E-state index contributed by atoms with van der Waals surface area (Å²) in [6.07, 6.45) is -1.31. The van der Waals surface area contributed by atoms with E-state index in [4.69, 9.17) is 30.5 Å². The molecule has 0 radical (unpaired) electrons. The van der Waals surface area contributed by atoms with Crippen LogP contribution in [-0.4, -0.2) is 47.9 Å². The van der Waals surface area contributed by atoms with Gasteiger partial charge in [0.1, 0.15) is 50.1 Å². The first-order valence-electron chi connectivity index (χ1n) is 15.0. The maximum absolute atomic E-state index is 14.3. The third-order valence-electron chi connectivity index (χ3n) is 8.26. The lowest BCUT2D eigenvalue weighted by Crippen LogP contribution is -2.35. The summed E-state index contributed by atoms with van der Waals surface area (Å²) in [5.74, 6) is 1.18. The van der Waals surface area contributed by atoms with Gasteiger partial charge < -0.3 is 24.1 Å². The minimum Gasteiger partial charge on any atom is -0.488 e. The van der Waals surface area contributed by atoms with Crippen LogP contribution in [0.3, 0.4) is 0 Å². The Morgan fingerprint density at radius 2 is 1.78 bits per heavy atom. The second kappa shape index (κ2) is 13.7. The topological polar surface area (TPSA) is 101 Å². The van der Waals surface area contributed by atoms with Gasteiger partial charge in [0.2, 0.25) is 0 Å². The molecule has 2 atom stereocenters. The Morgan fingerprint density at radius 1 is 1.00 bits per heavy atom. The van der Waals surface area contributed by atoms with Crippen LogP contribution in [0.25, 0.3) is 11.1 Å². The van der Waals surface area contributed by atoms with Gasteiger partial charge in [0.15, 0.2) is 11.5 Å². The number of likely N-dealkylation sites (tertiary alicyclic amines) is 1. The van der Waals surface area contributed by atoms with E-state index < -0.39 is 18.2 Å². The summed E-state index contributed by atoms with van der Waals surface area (Å²) < 4.78 is 38.2. The minimum absolute atomic E-state index is 0.00449. The van der Waals surface area contributed by atoms with E-state index >= 15 is 0 Å². The first kappa shape index (κ1) is 31.2. The van der Waals surface area contributed by atoms with E-state index in [1.54, 1.807) is 35.2 Å². The maximum atomic E-state index is 14.3. The van der Waals surface area contributed by atoms with Crippen LogP contribution < -0.4 is 18.9 Å². The molecule has 0 unspecified atom stereocenters. The third kappa shape index (κ3) is 6.89. The lowest BCUT2D eigenvalue weighted by molar-refractivity contribution is -0.142. The molecule has 2 aliphatic rings. The van der Waals surface area contributed by atoms with Crippen molar-refractivity contribution < 1.29 is 33.2 Å². The highest BCUT2D eigenvalue weighted by molar-refractivity contribution is 6.32. The van der Waals surface area contributed by atoms with Crippen molar-refractivity contribution in [1.82, 2.24) is 4.90 Å². The van der Waals surface area contributed by atoms with E-state index in [2.05, 4.69) is 6.07 Å². The normalized spacial score (nSPS) is 17.3. The Morgan fingerprint density at radius 3 is 2.59 bits per heavy atom. The molecule has 1 N–H and O–H groups in total. The molecule has 0 bridgehead atoms. The zero-order valence-electron chi connectivity index (χ0n) is 25.2. The summed E-state index contributed by atoms with van der Waals surface area (Å²) in [7, 11) is 0. The summed E-state index contributed by atoms with van der Waals surface area (Å²) in [6.45, 7) is 3.57. The number of aliphatic carboxylic acids is 1. The predicted octanol–water partition coefficient (Wildman–Crippen LogP) is 7.11. The van der Waals surface area contributed by atoms with Crippen LogP contribution >= 0.6 is 11.6 Å². The van der Waals surface area contributed by atoms with Crippen molar-refractivity contribution >= 4 is 17.6 Å². The largest absolute Gasteiger partial charge is 0.488 e. The smallest absolute Gasteiger partial charge is 0.321 e. The second-order valence-corrected chi connectivity index (χ2v) is 11.8. The number of fused-ring (bicyclic) bond motifs is 1. The summed E-state index contributed by atoms with van der Waals surface area (Å²) in [5, 5.41) is 19.3. The van der Waals surface area contributed by atoms with Gasteiger partial charge in [-0.3, -0.25) is 9.69 Å². The van der Waals surface area contributed by atoms with Crippen LogP contribution in [0.2, 0.25) is 5.02 Å². The van der Waals surface area contributed by atoms with Crippen molar-refractivity contribution in [3.05, 3.63) is 106 Å². The molecular formula is C36H32ClFN2O6. The SMILES string of the molecule is Cc1c(COc2cc(OCc3cccc(C#N)c3)c(CN3C[C@H](F)C[C@H]3C(=O)O)cc2Cl)cccc1-c1ccc2c(c1)OCCO2. The van der Waals surface area contributed by atoms with E-state index in [1.807, 2.05) is 49.4 Å². The fourth-order valence-corrected chi connectivity index (χ4v) is 6.09. The maximum Gasteiger partial charge on any atom is 0.321 e. The van der Waals surface area contributed by atoms with Gasteiger partial charge in [0, 0.05) is 31.1 Å². The molecule has 8 nitrogen and oxygen atoms in total. The van der Waals surface area contributed by atoms with Crippen LogP contribution in [0.15, 0.2) is 72.8 Å². The molecule has 4 aromatic rings. The molecule has 1 fully saturated rings. The highest BCUT2D eigenvalue weighted by Crippen LogP contribution is 2.38. The van der Waals surface area contributed by atoms with Crippen molar-refractivity contribution in [3.8, 4) is 40.2 Å². The van der Waals surface area contributed by atoms with E-state index in [9.17, 15) is 19.6 Å². The van der Waals surface area contributed by atoms with Crippen LogP contribution in [-0.2, 0) is 24.6 Å². The highest BCUT2D eigenvalue weighted by atomic mass is 35.5. The summed E-state index contributed by atoms with van der Waals surface area (Å²) in [5.41, 5.74) is 5.92. The quantitative estimate of drug-likeness (QED) is 0.195. The van der Waals surface area contributed by atoms with Gasteiger partial charge in [0.05, 0.1) is 16.7 Å². The molecule has 2 aliphatic heterocycles. The predicted molar refractivity (Wildman–Crippen MR) is 170 cm³/mol. The summed E-state index contributed by atoms with van der Waals surface area (Å²) in [4.78, 5) is 13.4. The molecule has 0 aliphatic carbocycles. The van der Waals surface area contributed by atoms with Crippen LogP contribution in [0.4, 0.5) is 4.39 Å². The molecular weight excluding hydrogens is 611 g/mol. The number of benzene rings is 4. The first-order valence-corrected chi connectivity index (χ1v) is 15.3. The molecule has 236 valence electrons. The number of hydrogen-bond acceptors (Lipinski definition) is 7. The number of halogens is 2. The van der Waals surface area contributed by atoms with Crippen LogP contribution in [0.5, 0.6) is 23.0 Å². The third-order valence-corrected chi connectivity index (χ3v) is 8.55. The number of nitrogens with zero attached hydrogens (tertiary/aromatic N) is 2. The number of carbonyl (C=O) groups is 1. The van der Waals surface area contributed by atoms with Crippen molar-refractivity contribution in [2.24, 2.45) is 0 Å². The number of alkyl halides is 1. The van der Waals surface area contributed by atoms with Crippen molar-refractivity contribution in [2.75, 3.05) is 19.8 Å². The molecule has 4 aromatic carbocycles. The molecule has 0 aromatic heterocycles. The fourth-order valence-electron chi connectivity index (χ4n) is 5.85. The number of nitriles is 1. The first-order chi connectivity index (χ1) is 22.3. The molecule has 6 rings (SSSR count). The Bertz CT molecular complexity index is 1810. The van der Waals surface area contributed by atoms with Gasteiger partial charge in [-0.25, -0.2) is 4.39 Å². The average Bonchev–Trinajstić information content (AvgIpc) is 3.44. The van der Waals surface area contributed by atoms with Crippen molar-refractivity contribution in [2.45, 2.75) is 45.3 Å². The standard InChI is InChI=1S/C36H32ClFN2O6/c1-22-26(6-3-7-29(22)25-8-9-32-35(14-25)44-11-10-43-32)21-46-34-16-33(45-20-24-5-2-4-23(12-24)17-39)27(13-30(34)37)18-40-19-28(38)15-31(40)36(41)42/h2-9,12-14,16,28,31H,10-11,15,18-21H2,1H3,(H,41,42)/t28-,31+/m1/s1. The Labute approximate surface area is 271 Å². The minimum atomic E-state index is -1.24. The van der Waals surface area contributed by atoms with Gasteiger partial charge >= 0.3 is 5.97 Å². The average molecular weight is 643 g/mol. The van der Waals surface area contributed by atoms with E-state index in [0.717, 1.165) is 33.6 Å². The van der Waals surface area contributed by atoms with Gasteiger partial charge in [-0.2, -0.15) is 5.26 Å². The fraction of sp³-hybridized carbons (Fsp3) is 0.278. The molecule has 1 saturated heterocycles. The molecule has 10 heteroatoms. The van der Waals surface area contributed by atoms with E-state index in [1.165, 1.54) is 0 Å². The zero-order chi connectivity index (χ0) is 32.2. The number of ether oxygens (including phenoxy) is 4. The van der Waals surface area contributed by atoms with Crippen LogP contribution in [0, 0.1) is 18.3 Å². The zero-order valence-corrected chi connectivity index (χ0v) is 25.9. The molecule has 2 heterocycles. The Balaban J connectivity index is 1.25. The van der Waals surface area contributed by atoms with E-state index in [0.29, 0.717) is 46.6 Å². The molecule has 0 amide bonds. The number of carboxylic acids is 1. The number of rotatable bonds is 10. The number of hydrogen-bond donors (Lipinski definition) is 1. The van der Waals surface area contributed by atoms with Gasteiger partial charge in [-0.05, 0) is 65.1 Å². The van der Waals surface area contributed by atoms with E-state index in [-0.39, 0.29) is 32.7 Å². The lowest BCUT2D eigenvalue weighted by atomic mass is 9.96. The summed E-state index contributed by atoms with van der Waals surface area (Å²) in [6, 6.07) is 23.5. The second-order valence-electron chi connectivity index (χ2n) is 11.3. The molecule has 0 spiro atoms. The Hall–Kier alpha value is -4.78. The van der Waals surface area contributed by atoms with Gasteiger partial charge in [0.25, 0.3) is 0 Å². The Kier molecular flexibility index (Phi) is 9.29. The molecule has 0 saturated carbocycles. The van der Waals surface area contributed by atoms with Crippen LogP contribution in [0.1, 0.15) is 34.2 Å². The number of carboxylic acid groups (broad SMARTS) is 1. The highest BCUT2D eigenvalue weighted by Gasteiger charge is 2.37. The van der Waals surface area contributed by atoms with Gasteiger partial charge in [-0.1, -0.05) is 48.0 Å². The van der Waals surface area contributed by atoms with Crippen molar-refractivity contribution in [1.29, 1.82) is 5.26 Å². The summed E-state index contributed by atoms with van der Waals surface area (Å²) >= 11 is 6.72. The van der Waals surface area contributed by atoms with Crippen molar-refractivity contribution in [3.63, 3.8) is 0 Å². The molecule has 46 heavy (non-hydrogen) atoms. The monoisotopic (exact) mass is 642 g/mol.